The van der Waals surface area contributed by atoms with Crippen LogP contribution in [0.15, 0.2) is 59.5 Å². The Bertz CT molecular complexity index is 832. The summed E-state index contributed by atoms with van der Waals surface area (Å²) in [5, 5.41) is 9.05. The molecule has 0 spiro atoms. The van der Waals surface area contributed by atoms with E-state index < -0.39 is 15.6 Å². The van der Waals surface area contributed by atoms with E-state index in [0.717, 1.165) is 16.9 Å². The summed E-state index contributed by atoms with van der Waals surface area (Å²) in [7, 11) is -5.94. The second kappa shape index (κ2) is 8.89. The molecule has 1 atom stereocenters. The molecule has 0 aliphatic rings. The van der Waals surface area contributed by atoms with Crippen LogP contribution >= 0.6 is 0 Å². The molecule has 9 heteroatoms. The monoisotopic (exact) mass is 389 g/mol. The Morgan fingerprint density at radius 1 is 1.08 bits per heavy atom. The number of nitrogens with zero attached hydrogens (tertiary/aromatic N) is 1. The van der Waals surface area contributed by atoms with Crippen LogP contribution in [-0.2, 0) is 26.8 Å². The topological polar surface area (TPSA) is 81.0 Å². The average Bonchev–Trinajstić information content (AvgIpc) is 2.55. The maximum absolute atomic E-state index is 10.7. The van der Waals surface area contributed by atoms with Gasteiger partial charge in [0.15, 0.2) is 15.0 Å². The minimum atomic E-state index is -6.09. The summed E-state index contributed by atoms with van der Waals surface area (Å²) in [6, 6.07) is 20.6. The van der Waals surface area contributed by atoms with Gasteiger partial charge in [-0.2, -0.15) is 18.4 Å². The van der Waals surface area contributed by atoms with Gasteiger partial charge in [-0.25, -0.2) is 8.42 Å². The summed E-state index contributed by atoms with van der Waals surface area (Å²) in [5.74, 6) is 0.938. The zero-order valence-corrected chi connectivity index (χ0v) is 14.7. The highest BCUT2D eigenvalue weighted by Crippen LogP contribution is 2.20. The number of hydrogen-bond donors (Lipinski definition) is 0. The number of nitriles is 1. The number of hydrogen-bond acceptors (Lipinski definition) is 4. The fraction of sp³-hybridized carbons (Fsp3) is 0.188. The molecule has 0 bridgehead atoms. The third-order valence-electron chi connectivity index (χ3n) is 2.94. The van der Waals surface area contributed by atoms with E-state index in [1.54, 1.807) is 0 Å². The van der Waals surface area contributed by atoms with Crippen LogP contribution in [-0.4, -0.2) is 24.7 Å². The SMILES string of the molecule is C[S+](Cc1ccccc1C#N)c1ccccc1.O=S(=O)([O-])C(F)(F)F. The summed E-state index contributed by atoms with van der Waals surface area (Å²) in [6.07, 6.45) is 2.23. The molecule has 0 heterocycles. The maximum atomic E-state index is 10.7. The quantitative estimate of drug-likeness (QED) is 0.458. The van der Waals surface area contributed by atoms with Crippen LogP contribution in [0.3, 0.4) is 0 Å². The van der Waals surface area contributed by atoms with Gasteiger partial charge in [-0.05, 0) is 18.2 Å². The summed E-state index contributed by atoms with van der Waals surface area (Å²) in [5.41, 5.74) is -3.71. The fourth-order valence-corrected chi connectivity index (χ4v) is 3.23. The largest absolute Gasteiger partial charge is 0.741 e. The lowest BCUT2D eigenvalue weighted by molar-refractivity contribution is -0.0517. The molecule has 2 rings (SSSR count). The summed E-state index contributed by atoms with van der Waals surface area (Å²) < 4.78 is 58.9. The third-order valence-corrected chi connectivity index (χ3v) is 5.33. The van der Waals surface area contributed by atoms with E-state index in [4.69, 9.17) is 18.2 Å². The van der Waals surface area contributed by atoms with Gasteiger partial charge in [0.2, 0.25) is 0 Å². The van der Waals surface area contributed by atoms with Gasteiger partial charge in [0.1, 0.15) is 12.0 Å². The molecule has 134 valence electrons. The molecule has 0 amide bonds. The van der Waals surface area contributed by atoms with Crippen molar-refractivity contribution in [3.63, 3.8) is 0 Å². The minimum absolute atomic E-state index is 0.153. The Morgan fingerprint density at radius 3 is 2.04 bits per heavy atom. The highest BCUT2D eigenvalue weighted by Gasteiger charge is 2.36. The summed E-state index contributed by atoms with van der Waals surface area (Å²) in [6.45, 7) is 0. The van der Waals surface area contributed by atoms with Crippen molar-refractivity contribution in [2.75, 3.05) is 6.26 Å². The van der Waals surface area contributed by atoms with Gasteiger partial charge >= 0.3 is 5.51 Å². The maximum Gasteiger partial charge on any atom is 0.485 e. The highest BCUT2D eigenvalue weighted by atomic mass is 32.2. The van der Waals surface area contributed by atoms with Crippen LogP contribution in [0, 0.1) is 11.3 Å². The van der Waals surface area contributed by atoms with Crippen LogP contribution in [0.2, 0.25) is 0 Å². The average molecular weight is 389 g/mol. The minimum Gasteiger partial charge on any atom is -0.741 e. The van der Waals surface area contributed by atoms with E-state index in [1.165, 1.54) is 4.90 Å². The van der Waals surface area contributed by atoms with E-state index in [1.807, 2.05) is 30.3 Å². The number of alkyl halides is 3. The molecule has 0 aliphatic heterocycles. The number of benzene rings is 2. The Hall–Kier alpha value is -2.02. The molecule has 0 aromatic heterocycles. The molecule has 0 aliphatic carbocycles. The molecule has 4 nitrogen and oxygen atoms in total. The van der Waals surface area contributed by atoms with Crippen molar-refractivity contribution < 1.29 is 26.1 Å². The van der Waals surface area contributed by atoms with Gasteiger partial charge in [-0.15, -0.1) is 0 Å². The molecular formula is C16H14F3NO3S2. The molecule has 0 radical (unpaired) electrons. The first kappa shape index (κ1) is 21.0. The highest BCUT2D eigenvalue weighted by molar-refractivity contribution is 7.95. The predicted octanol–water partition coefficient (Wildman–Crippen LogP) is 3.42. The van der Waals surface area contributed by atoms with Crippen molar-refractivity contribution in [2.24, 2.45) is 0 Å². The second-order valence-corrected chi connectivity index (χ2v) is 8.17. The first-order valence-corrected chi connectivity index (χ1v) is 9.95. The van der Waals surface area contributed by atoms with Crippen LogP contribution < -0.4 is 0 Å². The molecule has 2 aromatic carbocycles. The smallest absolute Gasteiger partial charge is 0.485 e. The van der Waals surface area contributed by atoms with Crippen molar-refractivity contribution in [3.05, 3.63) is 65.7 Å². The first-order valence-electron chi connectivity index (χ1n) is 6.74. The third kappa shape index (κ3) is 6.78. The van der Waals surface area contributed by atoms with Crippen LogP contribution in [0.25, 0.3) is 0 Å². The van der Waals surface area contributed by atoms with Crippen LogP contribution in [0.1, 0.15) is 11.1 Å². The molecule has 0 saturated carbocycles. The molecular weight excluding hydrogens is 375 g/mol. The molecule has 2 aromatic rings. The second-order valence-electron chi connectivity index (χ2n) is 4.76. The van der Waals surface area contributed by atoms with Crippen molar-refractivity contribution in [1.29, 1.82) is 5.26 Å². The zero-order valence-electron chi connectivity index (χ0n) is 13.0. The van der Waals surface area contributed by atoms with Gasteiger partial charge in [-0.1, -0.05) is 36.4 Å². The lowest BCUT2D eigenvalue weighted by Gasteiger charge is -2.08. The Kier molecular flexibility index (Phi) is 7.48. The Labute approximate surface area is 147 Å². The standard InChI is InChI=1S/C15H14NS.CHF3O3S/c1-17(15-9-3-2-4-10-15)12-14-8-6-5-7-13(14)11-16;2-1(3,4)8(5,6)7/h2-10H,12H2,1H3;(H,5,6,7)/q+1;/p-1. The lowest BCUT2D eigenvalue weighted by atomic mass is 10.1. The van der Waals surface area contributed by atoms with Crippen LogP contribution in [0.5, 0.6) is 0 Å². The van der Waals surface area contributed by atoms with Gasteiger partial charge in [-0.3, -0.25) is 0 Å². The molecule has 0 saturated heterocycles. The van der Waals surface area contributed by atoms with Crippen LogP contribution in [0.4, 0.5) is 13.2 Å². The van der Waals surface area contributed by atoms with Gasteiger partial charge in [0, 0.05) is 16.5 Å². The van der Waals surface area contributed by atoms with Crippen molar-refractivity contribution in [3.8, 4) is 6.07 Å². The van der Waals surface area contributed by atoms with E-state index in [0.29, 0.717) is 0 Å². The molecule has 25 heavy (non-hydrogen) atoms. The van der Waals surface area contributed by atoms with E-state index >= 15 is 0 Å². The van der Waals surface area contributed by atoms with E-state index in [-0.39, 0.29) is 10.9 Å². The summed E-state index contributed by atoms with van der Waals surface area (Å²) in [4.78, 5) is 1.35. The summed E-state index contributed by atoms with van der Waals surface area (Å²) >= 11 is 0. The Balaban J connectivity index is 0.000000333. The first-order chi connectivity index (χ1) is 11.6. The van der Waals surface area contributed by atoms with Gasteiger partial charge < -0.3 is 4.55 Å². The number of halogens is 3. The molecule has 0 N–H and O–H groups in total. The van der Waals surface area contributed by atoms with Gasteiger partial charge in [0.25, 0.3) is 0 Å². The molecule has 0 fully saturated rings. The van der Waals surface area contributed by atoms with Crippen molar-refractivity contribution in [2.45, 2.75) is 16.2 Å². The number of rotatable bonds is 3. The normalized spacial score (nSPS) is 12.5. The van der Waals surface area contributed by atoms with E-state index in [9.17, 15) is 13.2 Å². The lowest BCUT2D eigenvalue weighted by Crippen LogP contribution is -2.21. The van der Waals surface area contributed by atoms with Gasteiger partial charge in [0.05, 0.1) is 11.6 Å². The van der Waals surface area contributed by atoms with E-state index in [2.05, 4.69) is 36.6 Å². The zero-order chi connectivity index (χ0) is 19.1. The predicted molar refractivity (Wildman–Crippen MR) is 88.6 cm³/mol. The van der Waals surface area contributed by atoms with Crippen molar-refractivity contribution in [1.82, 2.24) is 0 Å². The Morgan fingerprint density at radius 2 is 1.56 bits per heavy atom. The fourth-order valence-electron chi connectivity index (χ4n) is 1.72. The van der Waals surface area contributed by atoms with Crippen molar-refractivity contribution >= 4 is 21.0 Å². The molecule has 1 unspecified atom stereocenters.